The summed E-state index contributed by atoms with van der Waals surface area (Å²) in [5.41, 5.74) is 8.69. The van der Waals surface area contributed by atoms with E-state index in [0.29, 0.717) is 11.8 Å². The maximum Gasteiger partial charge on any atom is 0.120 e. The molecule has 1 radical (unpaired) electrons. The van der Waals surface area contributed by atoms with Crippen LogP contribution in [-0.2, 0) is 20.1 Å². The Morgan fingerprint density at radius 2 is 1.46 bits per heavy atom. The van der Waals surface area contributed by atoms with Crippen molar-refractivity contribution in [2.24, 2.45) is 0 Å². The molecule has 0 atom stereocenters. The first-order chi connectivity index (χ1) is 18.1. The molecule has 0 bridgehead atoms. The van der Waals surface area contributed by atoms with Crippen molar-refractivity contribution in [1.29, 1.82) is 0 Å². The normalized spacial score (nSPS) is 12.2. The Kier molecular flexibility index (Phi) is 7.22. The minimum Gasteiger partial charge on any atom is -0.501 e. The Hall–Kier alpha value is -2.98. The van der Waals surface area contributed by atoms with Gasteiger partial charge in [0.15, 0.2) is 0 Å². The largest absolute Gasteiger partial charge is 0.501 e. The van der Waals surface area contributed by atoms with Crippen molar-refractivity contribution in [3.8, 4) is 17.1 Å². The molecule has 0 aliphatic rings. The van der Waals surface area contributed by atoms with Crippen LogP contribution >= 0.6 is 0 Å². The number of fused-ring (bicyclic) bond motifs is 4. The first-order valence-corrected chi connectivity index (χ1v) is 17.1. The number of furan rings is 1. The second-order valence-electron chi connectivity index (χ2n) is 12.0. The SMILES string of the molecule is CC(C)c1cc([Si](C)(C)C)cc(C(C)C)c1-n1c(-c2[c-]ccc3c2oc2ccccc23)nc2ccccc21.[Ir]. The van der Waals surface area contributed by atoms with E-state index in [0.717, 1.165) is 44.4 Å². The number of imidazole rings is 1. The fraction of sp³-hybridized carbons (Fsp3) is 0.265. The van der Waals surface area contributed by atoms with Gasteiger partial charge in [-0.25, -0.2) is 0 Å². The molecule has 2 aromatic heterocycles. The van der Waals surface area contributed by atoms with Crippen molar-refractivity contribution in [1.82, 2.24) is 9.55 Å². The van der Waals surface area contributed by atoms with Crippen molar-refractivity contribution in [3.05, 3.63) is 90.0 Å². The average Bonchev–Trinajstić information content (AvgIpc) is 3.45. The Morgan fingerprint density at radius 3 is 2.13 bits per heavy atom. The minimum absolute atomic E-state index is 0. The molecule has 0 N–H and O–H groups in total. The minimum atomic E-state index is -1.53. The summed E-state index contributed by atoms with van der Waals surface area (Å²) in [4.78, 5) is 5.23. The van der Waals surface area contributed by atoms with E-state index in [4.69, 9.17) is 9.40 Å². The van der Waals surface area contributed by atoms with E-state index in [1.54, 1.807) is 0 Å². The van der Waals surface area contributed by atoms with E-state index < -0.39 is 8.07 Å². The number of nitrogens with zero attached hydrogens (tertiary/aromatic N) is 2. The average molecular weight is 708 g/mol. The van der Waals surface area contributed by atoms with Crippen LogP contribution in [0, 0.1) is 6.07 Å². The second kappa shape index (κ2) is 10.2. The molecule has 0 aliphatic carbocycles. The number of benzene rings is 4. The van der Waals surface area contributed by atoms with Gasteiger partial charge in [0.1, 0.15) is 5.58 Å². The van der Waals surface area contributed by atoms with E-state index in [9.17, 15) is 0 Å². The summed E-state index contributed by atoms with van der Waals surface area (Å²) in [6, 6.07) is 29.3. The summed E-state index contributed by atoms with van der Waals surface area (Å²) in [5.74, 6) is 1.60. The van der Waals surface area contributed by atoms with Gasteiger partial charge in [-0.05, 0) is 41.2 Å². The van der Waals surface area contributed by atoms with Gasteiger partial charge in [-0.15, -0.1) is 18.2 Å². The van der Waals surface area contributed by atoms with Gasteiger partial charge in [0.25, 0.3) is 0 Å². The Labute approximate surface area is 245 Å². The van der Waals surface area contributed by atoms with Crippen LogP contribution in [0.2, 0.25) is 19.6 Å². The Balaban J connectivity index is 0.00000308. The smallest absolute Gasteiger partial charge is 0.120 e. The summed E-state index contributed by atoms with van der Waals surface area (Å²) >= 11 is 0. The molecule has 2 heterocycles. The Morgan fingerprint density at radius 1 is 0.821 bits per heavy atom. The molecular formula is C34H35IrN2OSi-. The molecule has 5 heteroatoms. The molecule has 3 nitrogen and oxygen atoms in total. The van der Waals surface area contributed by atoms with Gasteiger partial charge in [-0.1, -0.05) is 106 Å². The van der Waals surface area contributed by atoms with Crippen LogP contribution in [0.4, 0.5) is 0 Å². The molecule has 0 saturated heterocycles. The van der Waals surface area contributed by atoms with Crippen molar-refractivity contribution in [3.63, 3.8) is 0 Å². The van der Waals surface area contributed by atoms with Crippen molar-refractivity contribution < 1.29 is 24.5 Å². The van der Waals surface area contributed by atoms with Gasteiger partial charge in [-0.3, -0.25) is 4.98 Å². The van der Waals surface area contributed by atoms with Crippen LogP contribution in [0.5, 0.6) is 0 Å². The molecule has 6 rings (SSSR count). The molecule has 4 aromatic carbocycles. The Bertz CT molecular complexity index is 1790. The molecule has 201 valence electrons. The third-order valence-corrected chi connectivity index (χ3v) is 9.65. The van der Waals surface area contributed by atoms with Crippen LogP contribution in [0.1, 0.15) is 50.7 Å². The number of hydrogen-bond acceptors (Lipinski definition) is 2. The summed E-state index contributed by atoms with van der Waals surface area (Å²) in [6.45, 7) is 16.5. The number of hydrogen-bond donors (Lipinski definition) is 0. The maximum absolute atomic E-state index is 6.47. The van der Waals surface area contributed by atoms with Gasteiger partial charge in [0, 0.05) is 31.2 Å². The monoisotopic (exact) mass is 708 g/mol. The third kappa shape index (κ3) is 4.61. The fourth-order valence-electron chi connectivity index (χ4n) is 5.53. The predicted octanol–water partition coefficient (Wildman–Crippen LogP) is 9.18. The summed E-state index contributed by atoms with van der Waals surface area (Å²) in [5, 5.41) is 3.71. The van der Waals surface area contributed by atoms with Crippen LogP contribution < -0.4 is 5.19 Å². The summed E-state index contributed by atoms with van der Waals surface area (Å²) in [6.07, 6.45) is 0. The number of rotatable bonds is 5. The predicted molar refractivity (Wildman–Crippen MR) is 164 cm³/mol. The molecule has 0 amide bonds. The molecule has 39 heavy (non-hydrogen) atoms. The van der Waals surface area contributed by atoms with Crippen LogP contribution in [0.15, 0.2) is 77.2 Å². The standard InChI is InChI=1S/C34H35N2OSi.Ir/c1-21(2)27-19-23(38(5,6)7)20-28(22(3)4)32(27)36-30-17-10-9-16-29(30)35-34(36)26-15-12-14-25-24-13-8-11-18-31(24)37-33(25)26;/h8-14,16-22H,1-7H3;/q-1;. The molecular weight excluding hydrogens is 673 g/mol. The van der Waals surface area contributed by atoms with Crippen molar-refractivity contribution in [2.75, 3.05) is 0 Å². The van der Waals surface area contributed by atoms with Crippen LogP contribution in [-0.4, -0.2) is 17.6 Å². The van der Waals surface area contributed by atoms with Crippen molar-refractivity contribution in [2.45, 2.75) is 59.2 Å². The quantitative estimate of drug-likeness (QED) is 0.132. The maximum atomic E-state index is 6.47. The summed E-state index contributed by atoms with van der Waals surface area (Å²) < 4.78 is 8.85. The molecule has 0 fully saturated rings. The van der Waals surface area contributed by atoms with Gasteiger partial charge < -0.3 is 8.98 Å². The van der Waals surface area contributed by atoms with Gasteiger partial charge in [0.05, 0.1) is 30.5 Å². The molecule has 0 unspecified atom stereocenters. The van der Waals surface area contributed by atoms with Gasteiger partial charge in [-0.2, -0.15) is 0 Å². The fourth-order valence-corrected chi connectivity index (χ4v) is 6.71. The van der Waals surface area contributed by atoms with Crippen LogP contribution in [0.25, 0.3) is 50.0 Å². The van der Waals surface area contributed by atoms with E-state index >= 15 is 0 Å². The zero-order chi connectivity index (χ0) is 26.8. The molecule has 0 saturated carbocycles. The van der Waals surface area contributed by atoms with Gasteiger partial charge in [0.2, 0.25) is 0 Å². The van der Waals surface area contributed by atoms with E-state index in [2.05, 4.69) is 113 Å². The zero-order valence-electron chi connectivity index (χ0n) is 23.7. The molecule has 0 aliphatic heterocycles. The summed E-state index contributed by atoms with van der Waals surface area (Å²) in [7, 11) is -1.53. The van der Waals surface area contributed by atoms with Gasteiger partial charge >= 0.3 is 0 Å². The topological polar surface area (TPSA) is 31.0 Å². The first kappa shape index (κ1) is 27.6. The molecule has 0 spiro atoms. The van der Waals surface area contributed by atoms with E-state index in [-0.39, 0.29) is 20.1 Å². The van der Waals surface area contributed by atoms with Crippen molar-refractivity contribution >= 4 is 46.2 Å². The number of para-hydroxylation sites is 3. The third-order valence-electron chi connectivity index (χ3n) is 7.63. The van der Waals surface area contributed by atoms with Crippen LogP contribution in [0.3, 0.4) is 0 Å². The van der Waals surface area contributed by atoms with E-state index in [1.807, 2.05) is 18.2 Å². The second-order valence-corrected chi connectivity index (χ2v) is 17.1. The number of aromatic nitrogens is 2. The zero-order valence-corrected chi connectivity index (χ0v) is 27.1. The van der Waals surface area contributed by atoms with E-state index in [1.165, 1.54) is 22.0 Å². The molecule has 6 aromatic rings. The first-order valence-electron chi connectivity index (χ1n) is 13.6.